The first-order valence-corrected chi connectivity index (χ1v) is 6.65. The fourth-order valence-corrected chi connectivity index (χ4v) is 1.61. The summed E-state index contributed by atoms with van der Waals surface area (Å²) in [6, 6.07) is -0.196. The predicted molar refractivity (Wildman–Crippen MR) is 73.0 cm³/mol. The molecule has 0 aliphatic rings. The minimum Gasteiger partial charge on any atom is -0.444 e. The quantitative estimate of drug-likeness (QED) is 0.852. The number of aliphatic hydroxyl groups is 1. The average molecular weight is 268 g/mol. The lowest BCUT2D eigenvalue weighted by atomic mass is 9.97. The molecule has 1 unspecified atom stereocenters. The maximum atomic E-state index is 11.8. The van der Waals surface area contributed by atoms with E-state index in [-0.39, 0.29) is 30.4 Å². The predicted octanol–water partition coefficient (Wildman–Crippen LogP) is 1.71. The Labute approximate surface area is 114 Å². The van der Waals surface area contributed by atoms with Crippen molar-refractivity contribution in [2.45, 2.75) is 58.9 Å². The van der Waals surface area contributed by atoms with Gasteiger partial charge in [0.2, 0.25) is 5.91 Å². The third-order valence-electron chi connectivity index (χ3n) is 2.93. The number of amides is 1. The molecule has 0 radical (unpaired) electrons. The monoisotopic (exact) mass is 268 g/mol. The van der Waals surface area contributed by atoms with Crippen LogP contribution in [0.5, 0.6) is 0 Å². The van der Waals surface area contributed by atoms with Crippen LogP contribution in [0, 0.1) is 6.92 Å². The van der Waals surface area contributed by atoms with Crippen molar-refractivity contribution in [2.24, 2.45) is 0 Å². The summed E-state index contributed by atoms with van der Waals surface area (Å²) in [7, 11) is 0. The van der Waals surface area contributed by atoms with Gasteiger partial charge in [-0.25, -0.2) is 4.98 Å². The zero-order valence-electron chi connectivity index (χ0n) is 12.4. The molecule has 0 aliphatic heterocycles. The number of nitrogens with one attached hydrogen (secondary N) is 1. The second kappa shape index (κ2) is 6.19. The number of oxazole rings is 1. The summed E-state index contributed by atoms with van der Waals surface area (Å²) in [4.78, 5) is 16.2. The van der Waals surface area contributed by atoms with Crippen LogP contribution in [0.3, 0.4) is 0 Å². The first-order chi connectivity index (χ1) is 8.77. The van der Waals surface area contributed by atoms with Crippen LogP contribution in [0.2, 0.25) is 0 Å². The van der Waals surface area contributed by atoms with Gasteiger partial charge >= 0.3 is 0 Å². The van der Waals surface area contributed by atoms with Gasteiger partial charge in [-0.1, -0.05) is 27.7 Å². The fraction of sp³-hybridized carbons (Fsp3) is 0.714. The van der Waals surface area contributed by atoms with Gasteiger partial charge < -0.3 is 14.8 Å². The summed E-state index contributed by atoms with van der Waals surface area (Å²) >= 11 is 0. The third-order valence-corrected chi connectivity index (χ3v) is 2.93. The molecule has 0 saturated heterocycles. The van der Waals surface area contributed by atoms with Gasteiger partial charge in [-0.3, -0.25) is 4.79 Å². The van der Waals surface area contributed by atoms with Crippen LogP contribution >= 0.6 is 0 Å². The van der Waals surface area contributed by atoms with Crippen molar-refractivity contribution in [2.75, 3.05) is 6.61 Å². The Morgan fingerprint density at radius 3 is 2.53 bits per heavy atom. The fourth-order valence-electron chi connectivity index (χ4n) is 1.61. The summed E-state index contributed by atoms with van der Waals surface area (Å²) in [5, 5.41) is 11.8. The molecule has 1 heterocycles. The van der Waals surface area contributed by atoms with Crippen molar-refractivity contribution >= 4 is 5.91 Å². The molecule has 1 amide bonds. The van der Waals surface area contributed by atoms with E-state index < -0.39 is 0 Å². The van der Waals surface area contributed by atoms with Crippen LogP contribution < -0.4 is 5.32 Å². The van der Waals surface area contributed by atoms with E-state index in [9.17, 15) is 4.79 Å². The number of hydrogen-bond acceptors (Lipinski definition) is 4. The van der Waals surface area contributed by atoms with Gasteiger partial charge in [0.1, 0.15) is 5.76 Å². The topological polar surface area (TPSA) is 75.4 Å². The van der Waals surface area contributed by atoms with E-state index in [1.54, 1.807) is 0 Å². The molecular weight excluding hydrogens is 244 g/mol. The Bertz CT molecular complexity index is 428. The third kappa shape index (κ3) is 4.35. The van der Waals surface area contributed by atoms with Crippen molar-refractivity contribution in [3.63, 3.8) is 0 Å². The van der Waals surface area contributed by atoms with Gasteiger partial charge in [0.05, 0.1) is 24.8 Å². The summed E-state index contributed by atoms with van der Waals surface area (Å²) in [5.41, 5.74) is 0.577. The molecule has 0 saturated carbocycles. The van der Waals surface area contributed by atoms with Crippen molar-refractivity contribution in [3.05, 3.63) is 17.3 Å². The summed E-state index contributed by atoms with van der Waals surface area (Å²) in [5.74, 6) is 1.08. The SMILES string of the molecule is CCC(CO)NC(=O)Cc1oc(C(C)(C)C)nc1C. The average Bonchev–Trinajstić information content (AvgIpc) is 2.67. The van der Waals surface area contributed by atoms with Crippen molar-refractivity contribution in [1.29, 1.82) is 0 Å². The Morgan fingerprint density at radius 2 is 2.11 bits per heavy atom. The van der Waals surface area contributed by atoms with E-state index in [1.165, 1.54) is 0 Å². The highest BCUT2D eigenvalue weighted by molar-refractivity contribution is 5.78. The van der Waals surface area contributed by atoms with E-state index in [4.69, 9.17) is 9.52 Å². The van der Waals surface area contributed by atoms with Crippen molar-refractivity contribution < 1.29 is 14.3 Å². The molecule has 0 aromatic carbocycles. The van der Waals surface area contributed by atoms with Crippen LogP contribution in [0.25, 0.3) is 0 Å². The van der Waals surface area contributed by atoms with Crippen molar-refractivity contribution in [1.82, 2.24) is 10.3 Å². The molecule has 108 valence electrons. The molecule has 0 aliphatic carbocycles. The zero-order valence-corrected chi connectivity index (χ0v) is 12.4. The van der Waals surface area contributed by atoms with Crippen LogP contribution in [-0.2, 0) is 16.6 Å². The molecular formula is C14H24N2O3. The summed E-state index contributed by atoms with van der Waals surface area (Å²) in [6.45, 7) is 9.75. The highest BCUT2D eigenvalue weighted by atomic mass is 16.4. The number of nitrogens with zero attached hydrogens (tertiary/aromatic N) is 1. The second-order valence-corrected chi connectivity index (χ2v) is 5.81. The zero-order chi connectivity index (χ0) is 14.6. The number of aliphatic hydroxyl groups excluding tert-OH is 1. The Morgan fingerprint density at radius 1 is 1.47 bits per heavy atom. The molecule has 1 aromatic rings. The summed E-state index contributed by atoms with van der Waals surface area (Å²) < 4.78 is 5.66. The lowest BCUT2D eigenvalue weighted by Gasteiger charge is -2.13. The van der Waals surface area contributed by atoms with Crippen LogP contribution in [0.15, 0.2) is 4.42 Å². The van der Waals surface area contributed by atoms with E-state index in [2.05, 4.69) is 10.3 Å². The molecule has 1 rings (SSSR count). The maximum Gasteiger partial charge on any atom is 0.227 e. The highest BCUT2D eigenvalue weighted by Crippen LogP contribution is 2.23. The van der Waals surface area contributed by atoms with Crippen LogP contribution in [-0.4, -0.2) is 28.6 Å². The van der Waals surface area contributed by atoms with E-state index in [0.29, 0.717) is 18.1 Å². The number of aryl methyl sites for hydroxylation is 1. The molecule has 0 spiro atoms. The first-order valence-electron chi connectivity index (χ1n) is 6.65. The number of carbonyl (C=O) groups is 1. The van der Waals surface area contributed by atoms with Crippen LogP contribution in [0.1, 0.15) is 51.5 Å². The van der Waals surface area contributed by atoms with E-state index >= 15 is 0 Å². The normalized spacial score (nSPS) is 13.4. The molecule has 1 atom stereocenters. The number of carbonyl (C=O) groups excluding carboxylic acids is 1. The Balaban J connectivity index is 2.72. The molecule has 5 heteroatoms. The largest absolute Gasteiger partial charge is 0.444 e. The molecule has 19 heavy (non-hydrogen) atoms. The number of rotatable bonds is 5. The van der Waals surface area contributed by atoms with Crippen molar-refractivity contribution in [3.8, 4) is 0 Å². The maximum absolute atomic E-state index is 11.8. The highest BCUT2D eigenvalue weighted by Gasteiger charge is 2.23. The van der Waals surface area contributed by atoms with Gasteiger partial charge in [0, 0.05) is 5.41 Å². The van der Waals surface area contributed by atoms with Gasteiger partial charge in [-0.05, 0) is 13.3 Å². The Hall–Kier alpha value is -1.36. The number of aromatic nitrogens is 1. The second-order valence-electron chi connectivity index (χ2n) is 5.81. The van der Waals surface area contributed by atoms with Gasteiger partial charge in [-0.15, -0.1) is 0 Å². The smallest absolute Gasteiger partial charge is 0.227 e. The van der Waals surface area contributed by atoms with Gasteiger partial charge in [0.15, 0.2) is 5.89 Å². The standard InChI is InChI=1S/C14H24N2O3/c1-6-10(8-17)16-12(18)7-11-9(2)15-13(19-11)14(3,4)5/h10,17H,6-8H2,1-5H3,(H,16,18). The first kappa shape index (κ1) is 15.7. The molecule has 2 N–H and O–H groups in total. The molecule has 5 nitrogen and oxygen atoms in total. The lowest BCUT2D eigenvalue weighted by Crippen LogP contribution is -2.37. The summed E-state index contributed by atoms with van der Waals surface area (Å²) in [6.07, 6.45) is 0.857. The van der Waals surface area contributed by atoms with Gasteiger partial charge in [0.25, 0.3) is 0 Å². The number of hydrogen-bond donors (Lipinski definition) is 2. The van der Waals surface area contributed by atoms with Gasteiger partial charge in [-0.2, -0.15) is 0 Å². The lowest BCUT2D eigenvalue weighted by molar-refractivity contribution is -0.121. The minimum absolute atomic E-state index is 0.0507. The van der Waals surface area contributed by atoms with E-state index in [1.807, 2.05) is 34.6 Å². The molecule has 1 aromatic heterocycles. The van der Waals surface area contributed by atoms with Crippen LogP contribution in [0.4, 0.5) is 0 Å². The molecule has 0 bridgehead atoms. The minimum atomic E-state index is -0.196. The Kier molecular flexibility index (Phi) is 5.11. The van der Waals surface area contributed by atoms with E-state index in [0.717, 1.165) is 5.69 Å². The molecule has 0 fully saturated rings.